The molecule has 1 aliphatic heterocycles. The number of para-hydroxylation sites is 1. The number of nitrogens with one attached hydrogen (secondary N) is 2. The Morgan fingerprint density at radius 3 is 2.88 bits per heavy atom. The molecule has 2 atom stereocenters. The molecule has 1 saturated heterocycles. The molecule has 7 nitrogen and oxygen atoms in total. The summed E-state index contributed by atoms with van der Waals surface area (Å²) in [7, 11) is 0. The number of rotatable bonds is 6. The maximum atomic E-state index is 5.85. The number of hydrogen-bond acceptors (Lipinski definition) is 5. The zero-order chi connectivity index (χ0) is 17.9. The Labute approximate surface area is 152 Å². The van der Waals surface area contributed by atoms with Crippen LogP contribution in [0.1, 0.15) is 35.4 Å². The van der Waals surface area contributed by atoms with Crippen LogP contribution in [0.2, 0.25) is 0 Å². The van der Waals surface area contributed by atoms with Crippen molar-refractivity contribution in [2.75, 3.05) is 13.2 Å². The van der Waals surface area contributed by atoms with Crippen LogP contribution in [0.4, 0.5) is 0 Å². The van der Waals surface area contributed by atoms with Crippen molar-refractivity contribution in [3.05, 3.63) is 59.4 Å². The van der Waals surface area contributed by atoms with E-state index < -0.39 is 0 Å². The molecule has 1 aliphatic rings. The van der Waals surface area contributed by atoms with E-state index in [0.717, 1.165) is 49.1 Å². The van der Waals surface area contributed by atoms with Gasteiger partial charge in [0.25, 0.3) is 0 Å². The number of benzene rings is 1. The van der Waals surface area contributed by atoms with Gasteiger partial charge in [0.15, 0.2) is 5.82 Å². The molecule has 3 heterocycles. The summed E-state index contributed by atoms with van der Waals surface area (Å²) in [6.07, 6.45) is 3.09. The third-order valence-corrected chi connectivity index (χ3v) is 4.83. The summed E-state index contributed by atoms with van der Waals surface area (Å²) < 4.78 is 7.79. The van der Waals surface area contributed by atoms with E-state index in [0.29, 0.717) is 5.92 Å². The predicted octanol–water partition coefficient (Wildman–Crippen LogP) is 2.47. The van der Waals surface area contributed by atoms with Gasteiger partial charge in [0, 0.05) is 37.4 Å². The van der Waals surface area contributed by atoms with Gasteiger partial charge in [-0.1, -0.05) is 18.2 Å². The molecule has 0 radical (unpaired) electrons. The Morgan fingerprint density at radius 1 is 1.27 bits per heavy atom. The van der Waals surface area contributed by atoms with Crippen LogP contribution < -0.4 is 5.32 Å². The second kappa shape index (κ2) is 7.39. The van der Waals surface area contributed by atoms with Gasteiger partial charge >= 0.3 is 0 Å². The van der Waals surface area contributed by atoms with Crippen molar-refractivity contribution in [2.45, 2.75) is 32.9 Å². The van der Waals surface area contributed by atoms with Gasteiger partial charge in [-0.25, -0.2) is 9.67 Å². The number of aryl methyl sites for hydroxylation is 2. The van der Waals surface area contributed by atoms with Crippen molar-refractivity contribution in [2.24, 2.45) is 5.92 Å². The summed E-state index contributed by atoms with van der Waals surface area (Å²) in [6, 6.07) is 10.2. The zero-order valence-corrected chi connectivity index (χ0v) is 15.1. The first-order valence-corrected chi connectivity index (χ1v) is 9.02. The summed E-state index contributed by atoms with van der Waals surface area (Å²) >= 11 is 0. The Balaban J connectivity index is 1.37. The van der Waals surface area contributed by atoms with Crippen LogP contribution in [-0.4, -0.2) is 38.1 Å². The van der Waals surface area contributed by atoms with Crippen LogP contribution >= 0.6 is 0 Å². The number of aromatic nitrogens is 5. The van der Waals surface area contributed by atoms with E-state index in [4.69, 9.17) is 4.74 Å². The van der Waals surface area contributed by atoms with Crippen molar-refractivity contribution in [1.82, 2.24) is 30.3 Å². The molecular weight excluding hydrogens is 328 g/mol. The summed E-state index contributed by atoms with van der Waals surface area (Å²) in [5.74, 6) is 1.97. The Bertz CT molecular complexity index is 856. The molecule has 1 aromatic carbocycles. The smallest absolute Gasteiger partial charge is 0.179 e. The third kappa shape index (κ3) is 3.54. The number of aromatic amines is 1. The lowest BCUT2D eigenvalue weighted by Gasteiger charge is -2.16. The molecule has 0 spiro atoms. The van der Waals surface area contributed by atoms with Crippen molar-refractivity contribution in [3.8, 4) is 5.69 Å². The van der Waals surface area contributed by atoms with Crippen molar-refractivity contribution < 1.29 is 4.74 Å². The first-order chi connectivity index (χ1) is 12.7. The van der Waals surface area contributed by atoms with Crippen LogP contribution in [0, 0.1) is 19.8 Å². The quantitative estimate of drug-likeness (QED) is 0.712. The molecule has 2 aromatic heterocycles. The molecule has 4 rings (SSSR count). The fraction of sp³-hybridized carbons (Fsp3) is 0.421. The fourth-order valence-corrected chi connectivity index (χ4v) is 3.39. The summed E-state index contributed by atoms with van der Waals surface area (Å²) in [6.45, 7) is 6.37. The third-order valence-electron chi connectivity index (χ3n) is 4.83. The van der Waals surface area contributed by atoms with Gasteiger partial charge in [-0.05, 0) is 32.4 Å². The highest BCUT2D eigenvalue weighted by Gasteiger charge is 2.32. The first kappa shape index (κ1) is 16.9. The van der Waals surface area contributed by atoms with Gasteiger partial charge < -0.3 is 10.1 Å². The summed E-state index contributed by atoms with van der Waals surface area (Å²) in [5, 5.41) is 15.3. The number of ether oxygens (including phenoxy) is 1. The minimum absolute atomic E-state index is 0.0272. The second-order valence-corrected chi connectivity index (χ2v) is 6.77. The van der Waals surface area contributed by atoms with Gasteiger partial charge in [-0.3, -0.25) is 5.10 Å². The minimum atomic E-state index is -0.0272. The normalized spacial score (nSPS) is 19.9. The average molecular weight is 352 g/mol. The highest BCUT2D eigenvalue weighted by atomic mass is 16.5. The molecule has 1 fully saturated rings. The molecule has 0 aliphatic carbocycles. The van der Waals surface area contributed by atoms with E-state index in [1.54, 1.807) is 0 Å². The maximum Gasteiger partial charge on any atom is 0.179 e. The molecule has 7 heteroatoms. The molecule has 0 saturated carbocycles. The largest absolute Gasteiger partial charge is 0.370 e. The standard InChI is InChI=1S/C19H24N6O/c1-13-16(12-25(24-13)17-6-4-3-5-7-17)11-20-10-15-8-9-26-18(15)19-21-14(2)22-23-19/h3-7,12,15,18,20H,8-11H2,1-2H3,(H,21,22,23)/t15-,18-/m0/s1. The molecule has 0 amide bonds. The number of H-pyrrole nitrogens is 1. The van der Waals surface area contributed by atoms with Crippen LogP contribution in [0.25, 0.3) is 5.69 Å². The van der Waals surface area contributed by atoms with Crippen molar-refractivity contribution in [1.29, 1.82) is 0 Å². The molecule has 136 valence electrons. The monoisotopic (exact) mass is 352 g/mol. The second-order valence-electron chi connectivity index (χ2n) is 6.77. The topological polar surface area (TPSA) is 80.7 Å². The van der Waals surface area contributed by atoms with Crippen LogP contribution in [0.15, 0.2) is 36.5 Å². The van der Waals surface area contributed by atoms with Crippen molar-refractivity contribution >= 4 is 0 Å². The van der Waals surface area contributed by atoms with Crippen molar-refractivity contribution in [3.63, 3.8) is 0 Å². The van der Waals surface area contributed by atoms with Gasteiger partial charge in [-0.15, -0.1) is 0 Å². The summed E-state index contributed by atoms with van der Waals surface area (Å²) in [5.41, 5.74) is 3.33. The fourth-order valence-electron chi connectivity index (χ4n) is 3.39. The van der Waals surface area contributed by atoms with Crippen LogP contribution in [0.3, 0.4) is 0 Å². The molecule has 0 bridgehead atoms. The SMILES string of the molecule is Cc1nc([C@H]2OCC[C@H]2CNCc2cn(-c3ccccc3)nc2C)n[nH]1. The lowest BCUT2D eigenvalue weighted by Crippen LogP contribution is -2.25. The zero-order valence-electron chi connectivity index (χ0n) is 15.1. The lowest BCUT2D eigenvalue weighted by atomic mass is 10.0. The first-order valence-electron chi connectivity index (χ1n) is 9.02. The van der Waals surface area contributed by atoms with Crippen LogP contribution in [-0.2, 0) is 11.3 Å². The number of nitrogens with zero attached hydrogens (tertiary/aromatic N) is 4. The lowest BCUT2D eigenvalue weighted by molar-refractivity contribution is 0.0835. The van der Waals surface area contributed by atoms with E-state index in [-0.39, 0.29) is 6.10 Å². The maximum absolute atomic E-state index is 5.85. The van der Waals surface area contributed by atoms with E-state index in [1.165, 1.54) is 5.56 Å². The average Bonchev–Trinajstić information content (AvgIpc) is 3.36. The highest BCUT2D eigenvalue weighted by molar-refractivity contribution is 5.32. The molecule has 3 aromatic rings. The Kier molecular flexibility index (Phi) is 4.81. The molecular formula is C19H24N6O. The van der Waals surface area contributed by atoms with E-state index in [2.05, 4.69) is 43.9 Å². The van der Waals surface area contributed by atoms with Gasteiger partial charge in [-0.2, -0.15) is 10.2 Å². The Morgan fingerprint density at radius 2 is 2.12 bits per heavy atom. The Hall–Kier alpha value is -2.51. The van der Waals surface area contributed by atoms with Crippen LogP contribution in [0.5, 0.6) is 0 Å². The molecule has 2 N–H and O–H groups in total. The summed E-state index contributed by atoms with van der Waals surface area (Å²) in [4.78, 5) is 4.43. The molecule has 0 unspecified atom stereocenters. The molecule has 26 heavy (non-hydrogen) atoms. The van der Waals surface area contributed by atoms with Gasteiger partial charge in [0.1, 0.15) is 11.9 Å². The van der Waals surface area contributed by atoms with Gasteiger partial charge in [0.2, 0.25) is 0 Å². The number of hydrogen-bond donors (Lipinski definition) is 2. The predicted molar refractivity (Wildman–Crippen MR) is 97.9 cm³/mol. The minimum Gasteiger partial charge on any atom is -0.370 e. The van der Waals surface area contributed by atoms with E-state index >= 15 is 0 Å². The van der Waals surface area contributed by atoms with E-state index in [1.807, 2.05) is 36.7 Å². The highest BCUT2D eigenvalue weighted by Crippen LogP contribution is 2.32. The van der Waals surface area contributed by atoms with Gasteiger partial charge in [0.05, 0.1) is 11.4 Å². The van der Waals surface area contributed by atoms with E-state index in [9.17, 15) is 0 Å².